The molecule has 0 amide bonds. The van der Waals surface area contributed by atoms with Gasteiger partial charge in [0.25, 0.3) is 0 Å². The van der Waals surface area contributed by atoms with Gasteiger partial charge in [-0.2, -0.15) is 0 Å². The highest BCUT2D eigenvalue weighted by atomic mass is 16.6. The van der Waals surface area contributed by atoms with E-state index in [1.54, 1.807) is 0 Å². The van der Waals surface area contributed by atoms with Gasteiger partial charge in [-0.15, -0.1) is 0 Å². The van der Waals surface area contributed by atoms with E-state index in [-0.39, 0.29) is 0 Å². The number of fused-ring (bicyclic) bond motifs is 1. The number of hydrogen-bond donors (Lipinski definition) is 0. The molecule has 0 saturated heterocycles. The van der Waals surface area contributed by atoms with E-state index in [0.717, 1.165) is 22.7 Å². The van der Waals surface area contributed by atoms with Crippen molar-refractivity contribution in [1.82, 2.24) is 0 Å². The van der Waals surface area contributed by atoms with Crippen molar-refractivity contribution in [3.05, 3.63) is 52.2 Å². The Morgan fingerprint density at radius 1 is 1.14 bits per heavy atom. The van der Waals surface area contributed by atoms with Crippen LogP contribution in [-0.2, 0) is 0 Å². The lowest BCUT2D eigenvalue weighted by atomic mass is 10.0. The molecular weight excluding hydrogens is 270 g/mol. The van der Waals surface area contributed by atoms with E-state index in [9.17, 15) is 10.1 Å². The summed E-state index contributed by atoms with van der Waals surface area (Å²) in [5, 5.41) is 12.4. The van der Waals surface area contributed by atoms with Crippen LogP contribution in [0.4, 0.5) is 0 Å². The molecule has 5 nitrogen and oxygen atoms in total. The van der Waals surface area contributed by atoms with Gasteiger partial charge in [0.1, 0.15) is 11.5 Å². The highest BCUT2D eigenvalue weighted by molar-refractivity contribution is 5.94. The van der Waals surface area contributed by atoms with Gasteiger partial charge >= 0.3 is 0 Å². The molecular formula is C16H17NO4. The van der Waals surface area contributed by atoms with Crippen molar-refractivity contribution >= 4 is 16.8 Å². The Balaban J connectivity index is 2.62. The van der Waals surface area contributed by atoms with Crippen LogP contribution in [0.25, 0.3) is 16.8 Å². The maximum Gasteiger partial charge on any atom is 0.235 e. The first-order chi connectivity index (χ1) is 10.2. The molecule has 2 rings (SSSR count). The van der Waals surface area contributed by atoms with Gasteiger partial charge in [0.05, 0.1) is 18.1 Å². The van der Waals surface area contributed by atoms with Gasteiger partial charge in [-0.1, -0.05) is 12.1 Å². The quantitative estimate of drug-likeness (QED) is 0.597. The van der Waals surface area contributed by atoms with E-state index in [4.69, 9.17) is 9.47 Å². The number of hydrogen-bond acceptors (Lipinski definition) is 4. The molecule has 0 bridgehead atoms. The molecule has 0 heterocycles. The molecule has 0 atom stereocenters. The lowest BCUT2D eigenvalue weighted by Gasteiger charge is -2.11. The van der Waals surface area contributed by atoms with Gasteiger partial charge in [-0.25, -0.2) is 0 Å². The average molecular weight is 287 g/mol. The molecule has 0 unspecified atom stereocenters. The minimum Gasteiger partial charge on any atom is -0.494 e. The third-order valence-electron chi connectivity index (χ3n) is 2.97. The Hall–Kier alpha value is -2.56. The number of nitrogens with zero attached hydrogens (tertiary/aromatic N) is 1. The molecule has 5 heteroatoms. The second kappa shape index (κ2) is 6.74. The van der Waals surface area contributed by atoms with Crippen LogP contribution in [0.15, 0.2) is 36.5 Å². The number of nitro groups is 1. The van der Waals surface area contributed by atoms with Crippen LogP contribution in [0.5, 0.6) is 11.5 Å². The van der Waals surface area contributed by atoms with Crippen molar-refractivity contribution in [3.8, 4) is 11.5 Å². The monoisotopic (exact) mass is 287 g/mol. The van der Waals surface area contributed by atoms with Crippen LogP contribution < -0.4 is 9.47 Å². The van der Waals surface area contributed by atoms with Crippen LogP contribution in [-0.4, -0.2) is 18.1 Å². The molecule has 0 aliphatic rings. The molecule has 0 radical (unpaired) electrons. The van der Waals surface area contributed by atoms with Gasteiger partial charge in [0, 0.05) is 11.6 Å². The van der Waals surface area contributed by atoms with Crippen molar-refractivity contribution in [2.75, 3.05) is 13.2 Å². The molecule has 0 saturated carbocycles. The summed E-state index contributed by atoms with van der Waals surface area (Å²) in [5.74, 6) is 1.35. The second-order valence-corrected chi connectivity index (χ2v) is 4.33. The summed E-state index contributed by atoms with van der Waals surface area (Å²) < 4.78 is 11.1. The molecule has 0 N–H and O–H groups in total. The molecule has 0 spiro atoms. The first kappa shape index (κ1) is 14.8. The van der Waals surface area contributed by atoms with Crippen LogP contribution >= 0.6 is 0 Å². The van der Waals surface area contributed by atoms with Crippen molar-refractivity contribution in [3.63, 3.8) is 0 Å². The van der Waals surface area contributed by atoms with E-state index in [1.807, 2.05) is 44.2 Å². The van der Waals surface area contributed by atoms with Crippen LogP contribution in [0.3, 0.4) is 0 Å². The van der Waals surface area contributed by atoms with Crippen LogP contribution in [0, 0.1) is 10.1 Å². The minimum absolute atomic E-state index is 0.485. The second-order valence-electron chi connectivity index (χ2n) is 4.33. The zero-order chi connectivity index (χ0) is 15.2. The fraction of sp³-hybridized carbons (Fsp3) is 0.250. The smallest absolute Gasteiger partial charge is 0.235 e. The molecule has 0 fully saturated rings. The highest BCUT2D eigenvalue weighted by Gasteiger charge is 2.09. The number of benzene rings is 2. The largest absolute Gasteiger partial charge is 0.494 e. The van der Waals surface area contributed by atoms with Gasteiger partial charge in [-0.3, -0.25) is 10.1 Å². The van der Waals surface area contributed by atoms with Crippen molar-refractivity contribution in [1.29, 1.82) is 0 Å². The molecule has 2 aromatic rings. The van der Waals surface area contributed by atoms with Gasteiger partial charge in [0.15, 0.2) is 0 Å². The first-order valence-corrected chi connectivity index (χ1v) is 6.79. The zero-order valence-corrected chi connectivity index (χ0v) is 12.0. The van der Waals surface area contributed by atoms with E-state index >= 15 is 0 Å². The van der Waals surface area contributed by atoms with E-state index in [1.165, 1.54) is 6.08 Å². The Kier molecular flexibility index (Phi) is 4.77. The summed E-state index contributed by atoms with van der Waals surface area (Å²) in [6.45, 7) is 4.85. The average Bonchev–Trinajstić information content (AvgIpc) is 2.46. The normalized spacial score (nSPS) is 11.0. The van der Waals surface area contributed by atoms with E-state index in [0.29, 0.717) is 24.5 Å². The Labute approximate surface area is 122 Å². The summed E-state index contributed by atoms with van der Waals surface area (Å²) in [5.41, 5.74) is 0.688. The molecule has 110 valence electrons. The van der Waals surface area contributed by atoms with Crippen molar-refractivity contribution in [2.45, 2.75) is 13.8 Å². The predicted molar refractivity (Wildman–Crippen MR) is 82.3 cm³/mol. The number of rotatable bonds is 6. The third kappa shape index (κ3) is 3.51. The third-order valence-corrected chi connectivity index (χ3v) is 2.97. The summed E-state index contributed by atoms with van der Waals surface area (Å²) in [7, 11) is 0. The summed E-state index contributed by atoms with van der Waals surface area (Å²) in [6, 6.07) is 9.44. The highest BCUT2D eigenvalue weighted by Crippen LogP contribution is 2.32. The molecule has 0 aromatic heterocycles. The minimum atomic E-state index is -0.485. The lowest BCUT2D eigenvalue weighted by molar-refractivity contribution is -0.400. The standard InChI is InChI=1S/C16H17NO4/c1-3-20-13-7-5-12-6-8-16(21-4-2)14(15(12)11-13)9-10-17(18)19/h5-11H,3-4H2,1-2H3/b10-9+. The predicted octanol–water partition coefficient (Wildman–Crippen LogP) is 3.88. The fourth-order valence-electron chi connectivity index (χ4n) is 2.15. The summed E-state index contributed by atoms with van der Waals surface area (Å²) in [4.78, 5) is 10.1. The lowest BCUT2D eigenvalue weighted by Crippen LogP contribution is -1.96. The van der Waals surface area contributed by atoms with Crippen molar-refractivity contribution in [2.24, 2.45) is 0 Å². The van der Waals surface area contributed by atoms with Gasteiger partial charge in [0.2, 0.25) is 6.20 Å². The first-order valence-electron chi connectivity index (χ1n) is 6.79. The van der Waals surface area contributed by atoms with E-state index in [2.05, 4.69) is 0 Å². The Bertz CT molecular complexity index is 674. The van der Waals surface area contributed by atoms with Crippen LogP contribution in [0.2, 0.25) is 0 Å². The zero-order valence-electron chi connectivity index (χ0n) is 12.0. The van der Waals surface area contributed by atoms with E-state index < -0.39 is 4.92 Å². The molecule has 0 aliphatic carbocycles. The van der Waals surface area contributed by atoms with Crippen LogP contribution in [0.1, 0.15) is 19.4 Å². The topological polar surface area (TPSA) is 61.6 Å². The molecule has 0 aliphatic heterocycles. The van der Waals surface area contributed by atoms with Crippen molar-refractivity contribution < 1.29 is 14.4 Å². The maximum atomic E-state index is 10.6. The number of ether oxygens (including phenoxy) is 2. The van der Waals surface area contributed by atoms with Gasteiger partial charge < -0.3 is 9.47 Å². The summed E-state index contributed by atoms with van der Waals surface area (Å²) in [6.07, 6.45) is 2.38. The Morgan fingerprint density at radius 3 is 2.52 bits per heavy atom. The molecule has 21 heavy (non-hydrogen) atoms. The fourth-order valence-corrected chi connectivity index (χ4v) is 2.15. The maximum absolute atomic E-state index is 10.6. The Morgan fingerprint density at radius 2 is 1.86 bits per heavy atom. The van der Waals surface area contributed by atoms with Gasteiger partial charge in [-0.05, 0) is 42.8 Å². The SMILES string of the molecule is CCOc1ccc2ccc(OCC)c(/C=C/[N+](=O)[O-])c2c1. The molecule has 2 aromatic carbocycles. The summed E-state index contributed by atoms with van der Waals surface area (Å²) >= 11 is 0.